The van der Waals surface area contributed by atoms with Gasteiger partial charge in [0.15, 0.2) is 0 Å². The van der Waals surface area contributed by atoms with Crippen molar-refractivity contribution in [3.05, 3.63) is 35.4 Å². The highest BCUT2D eigenvalue weighted by Gasteiger charge is 2.45. The molecule has 7 heteroatoms. The molecule has 2 rings (SSSR count). The van der Waals surface area contributed by atoms with Gasteiger partial charge < -0.3 is 5.11 Å². The molecule has 6 nitrogen and oxygen atoms in total. The van der Waals surface area contributed by atoms with Gasteiger partial charge in [0.2, 0.25) is 10.0 Å². The second kappa shape index (κ2) is 5.84. The van der Waals surface area contributed by atoms with Crippen molar-refractivity contribution >= 4 is 16.0 Å². The Kier molecular flexibility index (Phi) is 4.30. The van der Waals surface area contributed by atoms with Crippen molar-refractivity contribution < 1.29 is 18.3 Å². The highest BCUT2D eigenvalue weighted by atomic mass is 32.2. The second-order valence-corrected chi connectivity index (χ2v) is 7.22. The largest absolute Gasteiger partial charge is 0.478 e. The molecule has 0 radical (unpaired) electrons. The van der Waals surface area contributed by atoms with Crippen LogP contribution >= 0.6 is 0 Å². The summed E-state index contributed by atoms with van der Waals surface area (Å²) < 4.78 is 26.5. The van der Waals surface area contributed by atoms with Gasteiger partial charge in [-0.05, 0) is 36.0 Å². The molecule has 0 saturated heterocycles. The highest BCUT2D eigenvalue weighted by Crippen LogP contribution is 2.49. The van der Waals surface area contributed by atoms with Crippen LogP contribution in [0.25, 0.3) is 0 Å². The maximum Gasteiger partial charge on any atom is 0.335 e. The summed E-state index contributed by atoms with van der Waals surface area (Å²) in [6.07, 6.45) is 1.81. The van der Waals surface area contributed by atoms with Crippen molar-refractivity contribution in [2.45, 2.75) is 25.8 Å². The number of aromatic carboxylic acids is 1. The third-order valence-corrected chi connectivity index (χ3v) is 5.18. The van der Waals surface area contributed by atoms with Crippen LogP contribution < -0.4 is 4.72 Å². The first kappa shape index (κ1) is 15.5. The Labute approximate surface area is 123 Å². The quantitative estimate of drug-likeness (QED) is 0.793. The number of sulfonamides is 1. The van der Waals surface area contributed by atoms with Crippen LogP contribution in [0.1, 0.15) is 35.2 Å². The van der Waals surface area contributed by atoms with E-state index < -0.39 is 16.0 Å². The topological polar surface area (TPSA) is 107 Å². The average molecular weight is 308 g/mol. The first-order valence-corrected chi connectivity index (χ1v) is 8.18. The molecule has 0 aliphatic heterocycles. The number of carboxylic acids is 1. The molecule has 21 heavy (non-hydrogen) atoms. The monoisotopic (exact) mass is 308 g/mol. The molecule has 2 N–H and O–H groups in total. The molecule has 0 heterocycles. The number of benzene rings is 1. The molecule has 0 spiro atoms. The number of hydrogen-bond donors (Lipinski definition) is 2. The lowest BCUT2D eigenvalue weighted by atomic mass is 10.1. The van der Waals surface area contributed by atoms with Gasteiger partial charge >= 0.3 is 5.97 Å². The van der Waals surface area contributed by atoms with E-state index in [1.807, 2.05) is 6.07 Å². The molecule has 0 bridgehead atoms. The van der Waals surface area contributed by atoms with Gasteiger partial charge in [0, 0.05) is 13.0 Å². The van der Waals surface area contributed by atoms with Crippen molar-refractivity contribution in [2.24, 2.45) is 5.41 Å². The number of carbonyl (C=O) groups is 1. The summed E-state index contributed by atoms with van der Waals surface area (Å²) in [5, 5.41) is 17.5. The smallest absolute Gasteiger partial charge is 0.335 e. The van der Waals surface area contributed by atoms with Crippen molar-refractivity contribution in [1.29, 1.82) is 5.26 Å². The van der Waals surface area contributed by atoms with E-state index in [4.69, 9.17) is 10.4 Å². The fourth-order valence-corrected chi connectivity index (χ4v) is 3.81. The van der Waals surface area contributed by atoms with Gasteiger partial charge in [-0.25, -0.2) is 17.9 Å². The Morgan fingerprint density at radius 2 is 1.95 bits per heavy atom. The van der Waals surface area contributed by atoms with Crippen LogP contribution in [0.15, 0.2) is 24.3 Å². The Bertz CT molecular complexity index is 670. The van der Waals surface area contributed by atoms with Crippen molar-refractivity contribution in [2.75, 3.05) is 5.75 Å². The predicted molar refractivity (Wildman–Crippen MR) is 75.9 cm³/mol. The lowest BCUT2D eigenvalue weighted by Crippen LogP contribution is -2.30. The van der Waals surface area contributed by atoms with E-state index in [0.717, 1.165) is 12.8 Å². The summed E-state index contributed by atoms with van der Waals surface area (Å²) in [6, 6.07) is 8.06. The lowest BCUT2D eigenvalue weighted by Gasteiger charge is -2.12. The number of carboxylic acid groups (broad SMARTS) is 1. The van der Waals surface area contributed by atoms with Gasteiger partial charge in [-0.3, -0.25) is 0 Å². The molecular formula is C14H16N2O4S. The van der Waals surface area contributed by atoms with E-state index in [9.17, 15) is 13.2 Å². The van der Waals surface area contributed by atoms with Gasteiger partial charge in [-0.2, -0.15) is 5.26 Å². The number of nitriles is 1. The van der Waals surface area contributed by atoms with Crippen LogP contribution in [0.5, 0.6) is 0 Å². The summed E-state index contributed by atoms with van der Waals surface area (Å²) in [7, 11) is -3.44. The van der Waals surface area contributed by atoms with E-state index >= 15 is 0 Å². The number of nitrogens with one attached hydrogen (secondary N) is 1. The predicted octanol–water partition coefficient (Wildman–Crippen LogP) is 1.50. The second-order valence-electron chi connectivity index (χ2n) is 5.42. The standard InChI is InChI=1S/C14H16N2O4S/c15-8-7-14(5-6-14)10-21(19,20)16-9-11-1-3-12(4-2-11)13(17)18/h1-4,16H,5-7,9-10H2,(H,17,18). The average Bonchev–Trinajstić information content (AvgIpc) is 3.16. The lowest BCUT2D eigenvalue weighted by molar-refractivity contribution is 0.0697. The Morgan fingerprint density at radius 1 is 1.33 bits per heavy atom. The third kappa shape index (κ3) is 4.28. The minimum absolute atomic E-state index is 0.0270. The fourth-order valence-electron chi connectivity index (χ4n) is 2.13. The first-order valence-electron chi connectivity index (χ1n) is 6.52. The highest BCUT2D eigenvalue weighted by molar-refractivity contribution is 7.89. The third-order valence-electron chi connectivity index (χ3n) is 3.60. The SMILES string of the molecule is N#CCC1(CS(=O)(=O)NCc2ccc(C(=O)O)cc2)CC1. The molecule has 1 aliphatic rings. The fraction of sp³-hybridized carbons (Fsp3) is 0.429. The zero-order valence-electron chi connectivity index (χ0n) is 11.4. The van der Waals surface area contributed by atoms with Crippen LogP contribution in [-0.2, 0) is 16.6 Å². The van der Waals surface area contributed by atoms with Crippen molar-refractivity contribution in [3.8, 4) is 6.07 Å². The van der Waals surface area contributed by atoms with E-state index in [0.29, 0.717) is 5.56 Å². The van der Waals surface area contributed by atoms with Gasteiger partial charge in [0.1, 0.15) is 0 Å². The molecule has 0 amide bonds. The Balaban J connectivity index is 1.93. The molecule has 112 valence electrons. The molecule has 0 atom stereocenters. The van der Waals surface area contributed by atoms with Gasteiger partial charge in [-0.1, -0.05) is 12.1 Å². The van der Waals surface area contributed by atoms with E-state index in [-0.39, 0.29) is 29.7 Å². The maximum absolute atomic E-state index is 12.0. The first-order chi connectivity index (χ1) is 9.86. The number of nitrogens with zero attached hydrogens (tertiary/aromatic N) is 1. The number of rotatable bonds is 7. The zero-order valence-corrected chi connectivity index (χ0v) is 12.2. The molecule has 0 unspecified atom stereocenters. The molecule has 1 fully saturated rings. The van der Waals surface area contributed by atoms with Crippen LogP contribution in [0.3, 0.4) is 0 Å². The molecule has 1 aromatic carbocycles. The minimum Gasteiger partial charge on any atom is -0.478 e. The zero-order chi connectivity index (χ0) is 15.5. The number of hydrogen-bond acceptors (Lipinski definition) is 4. The summed E-state index contributed by atoms with van der Waals surface area (Å²) >= 11 is 0. The molecule has 1 saturated carbocycles. The van der Waals surface area contributed by atoms with E-state index in [2.05, 4.69) is 4.72 Å². The minimum atomic E-state index is -3.44. The van der Waals surface area contributed by atoms with Crippen LogP contribution in [0, 0.1) is 16.7 Å². The molecule has 1 aromatic rings. The van der Waals surface area contributed by atoms with E-state index in [1.54, 1.807) is 12.1 Å². The van der Waals surface area contributed by atoms with E-state index in [1.165, 1.54) is 12.1 Å². The summed E-state index contributed by atoms with van der Waals surface area (Å²) in [5.41, 5.74) is 0.481. The maximum atomic E-state index is 12.0. The molecule has 0 aromatic heterocycles. The van der Waals surface area contributed by atoms with Crippen molar-refractivity contribution in [3.63, 3.8) is 0 Å². The normalized spacial score (nSPS) is 16.1. The summed E-state index contributed by atoms with van der Waals surface area (Å²) in [5.74, 6) is -1.05. The van der Waals surface area contributed by atoms with Gasteiger partial charge in [0.25, 0.3) is 0 Å². The Morgan fingerprint density at radius 3 is 2.43 bits per heavy atom. The van der Waals surface area contributed by atoms with Crippen LogP contribution in [0.4, 0.5) is 0 Å². The Hall–Kier alpha value is -1.91. The molecule has 1 aliphatic carbocycles. The van der Waals surface area contributed by atoms with Crippen LogP contribution in [0.2, 0.25) is 0 Å². The van der Waals surface area contributed by atoms with Crippen LogP contribution in [-0.4, -0.2) is 25.2 Å². The van der Waals surface area contributed by atoms with Crippen molar-refractivity contribution in [1.82, 2.24) is 4.72 Å². The van der Waals surface area contributed by atoms with Gasteiger partial charge in [0.05, 0.1) is 17.4 Å². The summed E-state index contributed by atoms with van der Waals surface area (Å²) in [6.45, 7) is 0.116. The van der Waals surface area contributed by atoms with Gasteiger partial charge in [-0.15, -0.1) is 0 Å². The summed E-state index contributed by atoms with van der Waals surface area (Å²) in [4.78, 5) is 10.7. The molecular weight excluding hydrogens is 292 g/mol.